The molecule has 2 aliphatic heterocycles. The molecule has 1 atom stereocenters. The first-order valence-corrected chi connectivity index (χ1v) is 26.6. The number of amides is 2. The van der Waals surface area contributed by atoms with Crippen molar-refractivity contribution in [3.63, 3.8) is 0 Å². The molecule has 7 aromatic rings. The van der Waals surface area contributed by atoms with Gasteiger partial charge in [0.25, 0.3) is 5.91 Å². The number of carbonyl (C=O) groups excluding carboxylic acids is 2. The molecule has 0 bridgehead atoms. The number of piperidine rings is 1. The Hall–Kier alpha value is -7.63. The number of rotatable bonds is 14. The first-order chi connectivity index (χ1) is 37.8. The molecule has 2 amide bonds. The van der Waals surface area contributed by atoms with E-state index >= 15 is 0 Å². The van der Waals surface area contributed by atoms with E-state index < -0.39 is 42.6 Å². The van der Waals surface area contributed by atoms with Crippen LogP contribution in [0.1, 0.15) is 111 Å². The van der Waals surface area contributed by atoms with Gasteiger partial charge in [-0.15, -0.1) is 31.7 Å². The van der Waals surface area contributed by atoms with Gasteiger partial charge in [-0.25, -0.2) is 4.79 Å². The minimum Gasteiger partial charge on any atom is -0.508 e. The average Bonchev–Trinajstić information content (AvgIpc) is 4.21. The molecule has 422 valence electrons. The van der Waals surface area contributed by atoms with Crippen LogP contribution in [0.25, 0.3) is 22.1 Å². The number of hydrogen-bond acceptors (Lipinski definition) is 12. The number of fused-ring (bicyclic) bond motifs is 3. The van der Waals surface area contributed by atoms with Gasteiger partial charge in [-0.1, -0.05) is 74.0 Å². The third-order valence-corrected chi connectivity index (χ3v) is 15.3. The number of carbonyl (C=O) groups is 3. The molecule has 4 aromatic carbocycles. The summed E-state index contributed by atoms with van der Waals surface area (Å²) in [4.78, 5) is 46.7. The number of halogens is 7. The summed E-state index contributed by atoms with van der Waals surface area (Å²) in [6, 6.07) is 25.6. The van der Waals surface area contributed by atoms with Crippen LogP contribution < -0.4 is 5.32 Å². The van der Waals surface area contributed by atoms with Crippen LogP contribution in [0.4, 0.5) is 26.3 Å². The van der Waals surface area contributed by atoms with Crippen molar-refractivity contribution in [3.8, 4) is 33.6 Å². The van der Waals surface area contributed by atoms with E-state index in [1.54, 1.807) is 23.5 Å². The van der Waals surface area contributed by atoms with Gasteiger partial charge in [-0.3, -0.25) is 28.6 Å². The number of aryl methyl sites for hydroxylation is 2. The molecule has 24 heteroatoms. The Morgan fingerprint density at radius 2 is 1.41 bits per heavy atom. The summed E-state index contributed by atoms with van der Waals surface area (Å²) in [6.45, 7) is 10.9. The second-order valence-corrected chi connectivity index (χ2v) is 21.8. The van der Waals surface area contributed by atoms with E-state index in [2.05, 4.69) is 68.0 Å². The van der Waals surface area contributed by atoms with Crippen molar-refractivity contribution in [1.29, 1.82) is 0 Å². The van der Waals surface area contributed by atoms with Crippen LogP contribution in [-0.4, -0.2) is 117 Å². The molecule has 3 aromatic heterocycles. The zero-order valence-corrected chi connectivity index (χ0v) is 45.9. The topological polar surface area (TPSA) is 204 Å². The maximum atomic E-state index is 14.1. The molecule has 1 fully saturated rings. The molecule has 0 saturated carbocycles. The summed E-state index contributed by atoms with van der Waals surface area (Å²) >= 11 is 7.98. The van der Waals surface area contributed by atoms with E-state index in [0.717, 1.165) is 63.6 Å². The Balaban J connectivity index is 0.00000113. The van der Waals surface area contributed by atoms with Gasteiger partial charge in [0.1, 0.15) is 34.9 Å². The number of aromatic nitrogens is 6. The van der Waals surface area contributed by atoms with Gasteiger partial charge in [0.05, 0.1) is 17.7 Å². The number of alkyl halides is 6. The highest BCUT2D eigenvalue weighted by atomic mass is 35.5. The number of carboxylic acids is 1. The fourth-order valence-corrected chi connectivity index (χ4v) is 11.0. The van der Waals surface area contributed by atoms with Gasteiger partial charge in [0, 0.05) is 59.0 Å². The molecule has 16 nitrogen and oxygen atoms in total. The normalized spacial score (nSPS) is 14.8. The van der Waals surface area contributed by atoms with Crippen molar-refractivity contribution >= 4 is 46.4 Å². The number of nitrogens with zero attached hydrogens (tertiary/aromatic N) is 9. The lowest BCUT2D eigenvalue weighted by molar-refractivity contribution is -0.192. The Labute approximate surface area is 465 Å². The summed E-state index contributed by atoms with van der Waals surface area (Å²) in [6.07, 6.45) is -6.84. The molecule has 0 spiro atoms. The van der Waals surface area contributed by atoms with Crippen molar-refractivity contribution in [2.75, 3.05) is 26.7 Å². The van der Waals surface area contributed by atoms with Gasteiger partial charge in [0.2, 0.25) is 11.7 Å². The number of thiophene rings is 1. The first-order valence-electron chi connectivity index (χ1n) is 25.4. The molecule has 0 aliphatic carbocycles. The quantitative estimate of drug-likeness (QED) is 0.0754. The second kappa shape index (κ2) is 24.0. The molecule has 4 N–H and O–H groups in total. The van der Waals surface area contributed by atoms with Gasteiger partial charge >= 0.3 is 18.3 Å². The van der Waals surface area contributed by atoms with Crippen LogP contribution in [0.2, 0.25) is 5.02 Å². The number of hydrogen-bond donors (Lipinski definition) is 4. The van der Waals surface area contributed by atoms with Gasteiger partial charge < -0.3 is 25.5 Å². The molecule has 80 heavy (non-hydrogen) atoms. The molecule has 0 unspecified atom stereocenters. The van der Waals surface area contributed by atoms with Crippen LogP contribution in [0.15, 0.2) is 89.9 Å². The Morgan fingerprint density at radius 3 is 2.00 bits per heavy atom. The third-order valence-electron chi connectivity index (χ3n) is 13.9. The summed E-state index contributed by atoms with van der Waals surface area (Å²) in [7, 11) is 2.01. The van der Waals surface area contributed by atoms with E-state index in [-0.39, 0.29) is 41.1 Å². The Morgan fingerprint density at radius 1 is 0.812 bits per heavy atom. The van der Waals surface area contributed by atoms with Crippen molar-refractivity contribution in [2.24, 2.45) is 10.9 Å². The van der Waals surface area contributed by atoms with Crippen LogP contribution in [0.3, 0.4) is 0 Å². The highest BCUT2D eigenvalue weighted by molar-refractivity contribution is 7.15. The van der Waals surface area contributed by atoms with Gasteiger partial charge in [-0.05, 0) is 117 Å². The van der Waals surface area contributed by atoms with E-state index in [9.17, 15) is 46.1 Å². The molecule has 5 heterocycles. The molecule has 9 rings (SSSR count). The lowest BCUT2D eigenvalue weighted by Crippen LogP contribution is -2.39. The summed E-state index contributed by atoms with van der Waals surface area (Å²) in [5, 5.41) is 49.1. The highest BCUT2D eigenvalue weighted by Gasteiger charge is 2.39. The van der Waals surface area contributed by atoms with Crippen LogP contribution in [0, 0.1) is 26.7 Å². The SMILES string of the molecule is Cc1sc2c(c1C)C(c1ccc(Cl)cc1)=N[C@H](CC(=O)N1CCC(Cc3ccc(CN(C)Cc4ccc(-n5c(C(=O)NCC(F)(F)F)nnc5-c5cc(C(C)C)c(O)cc5O)cc4)cc3)CC1)c1nnc(C)n1-2.O=C(O)C(F)(F)F. The zero-order valence-electron chi connectivity index (χ0n) is 44.3. The van der Waals surface area contributed by atoms with E-state index in [1.807, 2.05) is 74.4 Å². The number of benzene rings is 4. The van der Waals surface area contributed by atoms with Crippen LogP contribution >= 0.6 is 22.9 Å². The minimum absolute atomic E-state index is 0.0113. The fourth-order valence-electron chi connectivity index (χ4n) is 9.70. The largest absolute Gasteiger partial charge is 0.508 e. The maximum Gasteiger partial charge on any atom is 0.490 e. The maximum absolute atomic E-state index is 14.1. The smallest absolute Gasteiger partial charge is 0.490 e. The Kier molecular flexibility index (Phi) is 17.5. The predicted octanol–water partition coefficient (Wildman–Crippen LogP) is 11.0. The lowest BCUT2D eigenvalue weighted by Gasteiger charge is -2.32. The molecular weight excluding hydrogens is 1090 g/mol. The van der Waals surface area contributed by atoms with E-state index in [4.69, 9.17) is 26.5 Å². The van der Waals surface area contributed by atoms with Gasteiger partial charge in [0.15, 0.2) is 11.6 Å². The number of phenolic OH excluding ortho intramolecular Hbond substituents is 2. The lowest BCUT2D eigenvalue weighted by atomic mass is 9.89. The predicted molar refractivity (Wildman–Crippen MR) is 289 cm³/mol. The van der Waals surface area contributed by atoms with Crippen molar-refractivity contribution in [2.45, 2.75) is 97.7 Å². The number of nitrogens with one attached hydrogen (secondary N) is 1. The van der Waals surface area contributed by atoms with Gasteiger partial charge in [-0.2, -0.15) is 26.3 Å². The minimum atomic E-state index is -5.08. The summed E-state index contributed by atoms with van der Waals surface area (Å²) in [5.41, 5.74) is 8.27. The summed E-state index contributed by atoms with van der Waals surface area (Å²) in [5.74, 6) is -2.96. The molecule has 0 radical (unpaired) electrons. The average molecular weight is 1150 g/mol. The van der Waals surface area contributed by atoms with E-state index in [1.165, 1.54) is 27.1 Å². The first kappa shape index (κ1) is 58.5. The number of phenols is 2. The third kappa shape index (κ3) is 13.5. The number of carboxylic acid groups (broad SMARTS) is 1. The number of aliphatic carboxylic acids is 1. The number of aliphatic imine (C=N–C) groups is 1. The molecular formula is C56H57ClF6N10O6S. The Bertz CT molecular complexity index is 3420. The molecule has 1 saturated heterocycles. The van der Waals surface area contributed by atoms with Crippen LogP contribution in [-0.2, 0) is 29.1 Å². The fraction of sp³-hybridized carbons (Fsp3) is 0.357. The van der Waals surface area contributed by atoms with Crippen molar-refractivity contribution in [1.82, 2.24) is 44.6 Å². The van der Waals surface area contributed by atoms with Crippen molar-refractivity contribution < 1.29 is 56.0 Å². The van der Waals surface area contributed by atoms with Crippen LogP contribution in [0.5, 0.6) is 11.5 Å². The zero-order chi connectivity index (χ0) is 58.0. The number of aromatic hydroxyl groups is 2. The number of likely N-dealkylation sites (tertiary alicyclic amines) is 1. The van der Waals surface area contributed by atoms with E-state index in [0.29, 0.717) is 54.2 Å². The standard InChI is InChI=1S/C54H56ClF3N10O4S.C2HF3O2/c1-30(2)41-24-42(45(70)26-44(41)69)49-62-64-51(52(72)59-29-54(56,57)58)68(49)40-17-11-37(12-18-40)28-65(6)27-36-9-7-34(8-10-36)23-35-19-21-66(22-20-35)46(71)25-43-50-63-61-33(5)67(50)53-47(31(3)32(4)73-53)48(60-43)38-13-15-39(55)16-14-38;3-2(4,5)1(6)7/h7-18,24,26,30,35,43,69-70H,19-23,25,27-29H2,1-6H3,(H,59,72);(H,6,7)/t43-;/m1./s1. The monoisotopic (exact) mass is 1150 g/mol. The highest BCUT2D eigenvalue weighted by Crippen LogP contribution is 2.41. The molecule has 2 aliphatic rings. The van der Waals surface area contributed by atoms with Crippen molar-refractivity contribution in [3.05, 3.63) is 151 Å². The second-order valence-electron chi connectivity index (χ2n) is 20.2. The summed E-state index contributed by atoms with van der Waals surface area (Å²) < 4.78 is 74.4.